The second-order valence-electron chi connectivity index (χ2n) is 7.23. The molecular weight excluding hydrogens is 434 g/mol. The van der Waals surface area contributed by atoms with Crippen LogP contribution >= 0.6 is 11.8 Å². The lowest BCUT2D eigenvalue weighted by molar-refractivity contribution is 0.430. The summed E-state index contributed by atoms with van der Waals surface area (Å²) in [7, 11) is 0. The van der Waals surface area contributed by atoms with Gasteiger partial charge in [0.15, 0.2) is 23.3 Å². The maximum absolute atomic E-state index is 14.4. The van der Waals surface area contributed by atoms with Crippen molar-refractivity contribution in [2.45, 2.75) is 38.0 Å². The van der Waals surface area contributed by atoms with Crippen LogP contribution in [0.4, 0.5) is 17.6 Å². The van der Waals surface area contributed by atoms with E-state index in [-0.39, 0.29) is 17.3 Å². The van der Waals surface area contributed by atoms with Gasteiger partial charge in [0.2, 0.25) is 0 Å². The van der Waals surface area contributed by atoms with Gasteiger partial charge in [0, 0.05) is 11.1 Å². The molecule has 0 N–H and O–H groups in total. The van der Waals surface area contributed by atoms with Gasteiger partial charge in [-0.05, 0) is 66.4 Å². The van der Waals surface area contributed by atoms with Crippen molar-refractivity contribution in [3.05, 3.63) is 88.0 Å². The first kappa shape index (κ1) is 23.4. The summed E-state index contributed by atoms with van der Waals surface area (Å²) < 4.78 is 57.1. The third kappa shape index (κ3) is 4.98. The maximum atomic E-state index is 14.4. The van der Waals surface area contributed by atoms with E-state index in [1.807, 2.05) is 13.0 Å². The molecule has 32 heavy (non-hydrogen) atoms. The van der Waals surface area contributed by atoms with Gasteiger partial charge in [-0.15, -0.1) is 0 Å². The predicted octanol–water partition coefficient (Wildman–Crippen LogP) is 7.53. The molecule has 0 bridgehead atoms. The normalized spacial score (nSPS) is 10.4. The summed E-state index contributed by atoms with van der Waals surface area (Å²) in [5.41, 5.74) is 2.94. The lowest BCUT2D eigenvalue weighted by atomic mass is 10.0. The fourth-order valence-electron chi connectivity index (χ4n) is 3.26. The molecule has 0 aliphatic heterocycles. The van der Waals surface area contributed by atoms with Crippen LogP contribution in [0.1, 0.15) is 42.0 Å². The first-order valence-electron chi connectivity index (χ1n) is 10.0. The zero-order valence-electron chi connectivity index (χ0n) is 17.5. The van der Waals surface area contributed by atoms with Crippen molar-refractivity contribution in [3.8, 4) is 28.4 Å². The lowest BCUT2D eigenvalue weighted by Crippen LogP contribution is -2.02. The Morgan fingerprint density at radius 3 is 2.09 bits per heavy atom. The van der Waals surface area contributed by atoms with Crippen LogP contribution in [-0.4, -0.2) is 0 Å². The SMILES string of the molecule is CCCCc1ccc(C#Cc2ccc(-c3c(F)c(F)c(SC#N)c(F)c3F)cc2)c(C)c1. The number of nitrogens with zero attached hydrogens (tertiary/aromatic N) is 1. The first-order chi connectivity index (χ1) is 15.4. The number of rotatable bonds is 5. The second-order valence-corrected chi connectivity index (χ2v) is 8.03. The molecule has 3 aromatic carbocycles. The van der Waals surface area contributed by atoms with Crippen LogP contribution in [0.2, 0.25) is 0 Å². The number of hydrogen-bond acceptors (Lipinski definition) is 2. The molecule has 162 valence electrons. The van der Waals surface area contributed by atoms with E-state index in [9.17, 15) is 17.6 Å². The number of thioether (sulfide) groups is 1. The molecule has 3 rings (SSSR count). The Kier molecular flexibility index (Phi) is 7.62. The minimum atomic E-state index is -1.59. The average Bonchev–Trinajstić information content (AvgIpc) is 2.79. The molecule has 0 aliphatic carbocycles. The van der Waals surface area contributed by atoms with Crippen molar-refractivity contribution in [3.63, 3.8) is 0 Å². The summed E-state index contributed by atoms with van der Waals surface area (Å²) in [6.45, 7) is 4.14. The molecule has 3 aromatic rings. The number of thiocyanates is 1. The van der Waals surface area contributed by atoms with Crippen LogP contribution in [0.5, 0.6) is 0 Å². The smallest absolute Gasteiger partial charge is 0.177 e. The topological polar surface area (TPSA) is 23.8 Å². The molecule has 0 atom stereocenters. The van der Waals surface area contributed by atoms with Gasteiger partial charge >= 0.3 is 0 Å². The van der Waals surface area contributed by atoms with Crippen LogP contribution in [0.15, 0.2) is 47.4 Å². The highest BCUT2D eigenvalue weighted by Crippen LogP contribution is 2.36. The fourth-order valence-corrected chi connectivity index (χ4v) is 3.71. The molecule has 0 spiro atoms. The first-order valence-corrected chi connectivity index (χ1v) is 10.8. The van der Waals surface area contributed by atoms with E-state index in [4.69, 9.17) is 5.26 Å². The largest absolute Gasteiger partial charge is 0.203 e. The molecule has 0 saturated heterocycles. The summed E-state index contributed by atoms with van der Waals surface area (Å²) in [6, 6.07) is 11.9. The number of benzene rings is 3. The van der Waals surface area contributed by atoms with Gasteiger partial charge in [0.05, 0.1) is 10.5 Å². The predicted molar refractivity (Wildman–Crippen MR) is 119 cm³/mol. The molecule has 0 unspecified atom stereocenters. The molecule has 0 aromatic heterocycles. The van der Waals surface area contributed by atoms with Crippen LogP contribution in [0, 0.1) is 52.7 Å². The quantitative estimate of drug-likeness (QED) is 0.131. The van der Waals surface area contributed by atoms with Gasteiger partial charge in [0.1, 0.15) is 5.40 Å². The number of halogens is 4. The van der Waals surface area contributed by atoms with Gasteiger partial charge in [0.25, 0.3) is 0 Å². The van der Waals surface area contributed by atoms with Gasteiger partial charge in [-0.3, -0.25) is 0 Å². The molecule has 6 heteroatoms. The number of unbranched alkanes of at least 4 members (excludes halogenated alkanes) is 1. The second kappa shape index (κ2) is 10.4. The Morgan fingerprint density at radius 2 is 1.53 bits per heavy atom. The maximum Gasteiger partial charge on any atom is 0.177 e. The van der Waals surface area contributed by atoms with E-state index in [1.54, 1.807) is 0 Å². The summed E-state index contributed by atoms with van der Waals surface area (Å²) in [5, 5.41) is 10.0. The minimum absolute atomic E-state index is 0.0306. The lowest BCUT2D eigenvalue weighted by Gasteiger charge is -2.10. The van der Waals surface area contributed by atoms with Crippen molar-refractivity contribution >= 4 is 11.8 Å². The van der Waals surface area contributed by atoms with E-state index in [2.05, 4.69) is 30.9 Å². The molecule has 0 fully saturated rings. The molecular formula is C26H19F4NS. The highest BCUT2D eigenvalue weighted by molar-refractivity contribution is 8.03. The van der Waals surface area contributed by atoms with Gasteiger partial charge in [-0.1, -0.05) is 49.5 Å². The third-order valence-corrected chi connectivity index (χ3v) is 5.65. The molecule has 0 radical (unpaired) electrons. The number of aryl methyl sites for hydroxylation is 2. The monoisotopic (exact) mass is 453 g/mol. The molecule has 0 aliphatic rings. The van der Waals surface area contributed by atoms with E-state index in [0.717, 1.165) is 30.4 Å². The Labute approximate surface area is 189 Å². The van der Waals surface area contributed by atoms with Gasteiger partial charge in [-0.25, -0.2) is 17.6 Å². The standard InChI is InChI=1S/C26H19F4NS/c1-3-4-5-18-9-11-19(16(2)14-18)10-6-17-7-12-20(13-8-17)21-22(27)24(29)26(32-15-31)25(30)23(21)28/h7-9,11-14H,3-5H2,1-2H3. The molecule has 0 saturated carbocycles. The minimum Gasteiger partial charge on any atom is -0.203 e. The Hall–Kier alpha value is -3.22. The van der Waals surface area contributed by atoms with Crippen molar-refractivity contribution < 1.29 is 17.6 Å². The third-order valence-electron chi connectivity index (χ3n) is 5.00. The highest BCUT2D eigenvalue weighted by Gasteiger charge is 2.26. The molecule has 0 amide bonds. The zero-order chi connectivity index (χ0) is 23.3. The highest BCUT2D eigenvalue weighted by atomic mass is 32.2. The summed E-state index contributed by atoms with van der Waals surface area (Å²) in [4.78, 5) is -0.996. The Balaban J connectivity index is 1.89. The van der Waals surface area contributed by atoms with E-state index in [0.29, 0.717) is 5.56 Å². The van der Waals surface area contributed by atoms with Crippen LogP contribution < -0.4 is 0 Å². The zero-order valence-corrected chi connectivity index (χ0v) is 18.3. The van der Waals surface area contributed by atoms with Crippen molar-refractivity contribution in [2.24, 2.45) is 0 Å². The van der Waals surface area contributed by atoms with Crippen molar-refractivity contribution in [1.82, 2.24) is 0 Å². The Morgan fingerprint density at radius 1 is 0.875 bits per heavy atom. The van der Waals surface area contributed by atoms with Gasteiger partial charge < -0.3 is 0 Å². The average molecular weight is 454 g/mol. The van der Waals surface area contributed by atoms with Crippen LogP contribution in [0.3, 0.4) is 0 Å². The van der Waals surface area contributed by atoms with Crippen molar-refractivity contribution in [1.29, 1.82) is 5.26 Å². The van der Waals surface area contributed by atoms with Gasteiger partial charge in [-0.2, -0.15) is 5.26 Å². The van der Waals surface area contributed by atoms with Crippen molar-refractivity contribution in [2.75, 3.05) is 0 Å². The van der Waals surface area contributed by atoms with Crippen LogP contribution in [-0.2, 0) is 6.42 Å². The van der Waals surface area contributed by atoms with E-state index < -0.39 is 33.7 Å². The fraction of sp³-hybridized carbons (Fsp3) is 0.192. The molecule has 0 heterocycles. The Bertz CT molecular complexity index is 1220. The summed E-state index contributed by atoms with van der Waals surface area (Å²) >= 11 is 0.0306. The van der Waals surface area contributed by atoms with Crippen LogP contribution in [0.25, 0.3) is 11.1 Å². The van der Waals surface area contributed by atoms with E-state index >= 15 is 0 Å². The summed E-state index contributed by atoms with van der Waals surface area (Å²) in [5.74, 6) is -0.187. The summed E-state index contributed by atoms with van der Waals surface area (Å²) in [6.07, 6.45) is 3.29. The molecule has 1 nitrogen and oxygen atoms in total. The number of nitriles is 1. The van der Waals surface area contributed by atoms with E-state index in [1.165, 1.54) is 35.2 Å². The number of hydrogen-bond donors (Lipinski definition) is 0.